The third-order valence-electron chi connectivity index (χ3n) is 4.54. The van der Waals surface area contributed by atoms with E-state index >= 15 is 0 Å². The van der Waals surface area contributed by atoms with Crippen LogP contribution in [-0.4, -0.2) is 59.8 Å². The van der Waals surface area contributed by atoms with E-state index in [0.29, 0.717) is 44.9 Å². The van der Waals surface area contributed by atoms with E-state index in [1.54, 1.807) is 36.9 Å². The lowest BCUT2D eigenvalue weighted by atomic mass is 10.1. The maximum atomic E-state index is 12.5. The Bertz CT molecular complexity index is 787. The summed E-state index contributed by atoms with van der Waals surface area (Å²) in [6, 6.07) is 1.87. The van der Waals surface area contributed by atoms with Crippen molar-refractivity contribution in [3.8, 4) is 0 Å². The summed E-state index contributed by atoms with van der Waals surface area (Å²) in [7, 11) is 3.51. The molecule has 1 unspecified atom stereocenters. The van der Waals surface area contributed by atoms with Gasteiger partial charge in [-0.1, -0.05) is 0 Å². The second kappa shape index (κ2) is 8.18. The summed E-state index contributed by atoms with van der Waals surface area (Å²) in [5.41, 5.74) is 0.868. The van der Waals surface area contributed by atoms with Crippen molar-refractivity contribution in [1.82, 2.24) is 14.5 Å². The van der Waals surface area contributed by atoms with Crippen molar-refractivity contribution in [3.63, 3.8) is 0 Å². The first-order valence-electron chi connectivity index (χ1n) is 8.68. The average Bonchev–Trinajstić information content (AvgIpc) is 3.15. The molecule has 1 fully saturated rings. The summed E-state index contributed by atoms with van der Waals surface area (Å²) in [5, 5.41) is 0. The van der Waals surface area contributed by atoms with Crippen LogP contribution in [0.25, 0.3) is 0 Å². The number of hydrogen-bond donors (Lipinski definition) is 0. The van der Waals surface area contributed by atoms with E-state index in [2.05, 4.69) is 4.98 Å². The van der Waals surface area contributed by atoms with Crippen LogP contribution in [0.1, 0.15) is 12.0 Å². The number of ether oxygens (including phenoxy) is 1. The number of hydrogen-bond acceptors (Lipinski definition) is 6. The van der Waals surface area contributed by atoms with Crippen molar-refractivity contribution in [3.05, 3.63) is 46.9 Å². The van der Waals surface area contributed by atoms with Gasteiger partial charge in [-0.15, -0.1) is 0 Å². The van der Waals surface area contributed by atoms with Gasteiger partial charge in [-0.2, -0.15) is 0 Å². The molecule has 0 radical (unpaired) electrons. The highest BCUT2D eigenvalue weighted by atomic mass is 16.5. The molecule has 3 rings (SSSR count). The zero-order valence-electron chi connectivity index (χ0n) is 15.1. The third-order valence-corrected chi connectivity index (χ3v) is 4.54. The van der Waals surface area contributed by atoms with Crippen molar-refractivity contribution in [1.29, 1.82) is 0 Å². The number of furan rings is 1. The van der Waals surface area contributed by atoms with E-state index in [4.69, 9.17) is 9.15 Å². The minimum Gasteiger partial charge on any atom is -0.472 e. The van der Waals surface area contributed by atoms with E-state index < -0.39 is 0 Å². The van der Waals surface area contributed by atoms with Gasteiger partial charge in [0.1, 0.15) is 0 Å². The highest BCUT2D eigenvalue weighted by Crippen LogP contribution is 2.12. The minimum absolute atomic E-state index is 0.107. The van der Waals surface area contributed by atoms with Gasteiger partial charge >= 0.3 is 0 Å². The van der Waals surface area contributed by atoms with Crippen molar-refractivity contribution < 1.29 is 13.9 Å². The Morgan fingerprint density at radius 3 is 3.08 bits per heavy atom. The molecule has 8 heteroatoms. The number of nitrogens with zero attached hydrogens (tertiary/aromatic N) is 4. The predicted octanol–water partition coefficient (Wildman–Crippen LogP) is 0.670. The number of likely N-dealkylation sites (N-methyl/N-ethyl adjacent to an activating group) is 1. The molecule has 26 heavy (non-hydrogen) atoms. The average molecular weight is 360 g/mol. The Balaban J connectivity index is 1.55. The van der Waals surface area contributed by atoms with Crippen LogP contribution >= 0.6 is 0 Å². The summed E-state index contributed by atoms with van der Waals surface area (Å²) in [4.78, 5) is 32.4. The lowest BCUT2D eigenvalue weighted by Gasteiger charge is -2.35. The maximum Gasteiger partial charge on any atom is 0.293 e. The van der Waals surface area contributed by atoms with Crippen LogP contribution in [0.4, 0.5) is 5.82 Å². The smallest absolute Gasteiger partial charge is 0.293 e. The van der Waals surface area contributed by atoms with E-state index in [-0.39, 0.29) is 17.6 Å². The Labute approximate surface area is 152 Å². The molecule has 1 aliphatic heterocycles. The molecule has 1 amide bonds. The van der Waals surface area contributed by atoms with Gasteiger partial charge in [0.15, 0.2) is 5.82 Å². The van der Waals surface area contributed by atoms with Crippen molar-refractivity contribution in [2.24, 2.45) is 7.05 Å². The van der Waals surface area contributed by atoms with Crippen LogP contribution in [-0.2, 0) is 23.0 Å². The molecule has 0 aromatic carbocycles. The molecule has 0 aliphatic carbocycles. The number of rotatable bonds is 6. The minimum atomic E-state index is -0.154. The van der Waals surface area contributed by atoms with Gasteiger partial charge in [0.2, 0.25) is 5.91 Å². The SMILES string of the molecule is CN(CC1CN(C(=O)CCc2ccoc2)CCO1)c1nccn(C)c1=O. The first kappa shape index (κ1) is 18.2. The molecule has 1 atom stereocenters. The first-order chi connectivity index (χ1) is 12.5. The molecule has 140 valence electrons. The Morgan fingerprint density at radius 1 is 1.46 bits per heavy atom. The number of aromatic nitrogens is 2. The number of carbonyl (C=O) groups is 1. The first-order valence-corrected chi connectivity index (χ1v) is 8.68. The van der Waals surface area contributed by atoms with Crippen LogP contribution in [0.15, 0.2) is 40.2 Å². The van der Waals surface area contributed by atoms with Crippen molar-refractivity contribution in [2.75, 3.05) is 38.2 Å². The molecule has 2 aromatic heterocycles. The number of aryl methyl sites for hydroxylation is 2. The van der Waals surface area contributed by atoms with Gasteiger partial charge in [0.25, 0.3) is 5.56 Å². The molecule has 0 saturated carbocycles. The van der Waals surface area contributed by atoms with Gasteiger partial charge in [-0.05, 0) is 18.1 Å². The lowest BCUT2D eigenvalue weighted by Crippen LogP contribution is -2.49. The lowest BCUT2D eigenvalue weighted by molar-refractivity contribution is -0.138. The summed E-state index contributed by atoms with van der Waals surface area (Å²) in [5.74, 6) is 0.484. The largest absolute Gasteiger partial charge is 0.472 e. The zero-order chi connectivity index (χ0) is 18.5. The number of morpholine rings is 1. The maximum absolute atomic E-state index is 12.5. The molecule has 0 bridgehead atoms. The van der Waals surface area contributed by atoms with Gasteiger partial charge in [0.05, 0.1) is 25.2 Å². The summed E-state index contributed by atoms with van der Waals surface area (Å²) in [6.45, 7) is 2.10. The van der Waals surface area contributed by atoms with Crippen LogP contribution < -0.4 is 10.5 Å². The quantitative estimate of drug-likeness (QED) is 0.753. The normalized spacial score (nSPS) is 17.3. The van der Waals surface area contributed by atoms with Crippen LogP contribution in [0.2, 0.25) is 0 Å². The predicted molar refractivity (Wildman–Crippen MR) is 96.1 cm³/mol. The molecule has 1 saturated heterocycles. The Hall–Kier alpha value is -2.61. The van der Waals surface area contributed by atoms with Crippen LogP contribution in [0.3, 0.4) is 0 Å². The number of carbonyl (C=O) groups excluding carboxylic acids is 1. The van der Waals surface area contributed by atoms with Crippen molar-refractivity contribution in [2.45, 2.75) is 18.9 Å². The molecular weight excluding hydrogens is 336 g/mol. The van der Waals surface area contributed by atoms with Crippen molar-refractivity contribution >= 4 is 11.7 Å². The Kier molecular flexibility index (Phi) is 5.72. The van der Waals surface area contributed by atoms with E-state index in [0.717, 1.165) is 5.56 Å². The van der Waals surface area contributed by atoms with Crippen LogP contribution in [0.5, 0.6) is 0 Å². The molecule has 3 heterocycles. The third kappa shape index (κ3) is 4.32. The number of anilines is 1. The zero-order valence-corrected chi connectivity index (χ0v) is 15.1. The molecule has 0 spiro atoms. The fourth-order valence-electron chi connectivity index (χ4n) is 3.04. The fourth-order valence-corrected chi connectivity index (χ4v) is 3.04. The van der Waals surface area contributed by atoms with E-state index in [1.807, 2.05) is 18.0 Å². The standard InChI is InChI=1S/C18H24N4O4/c1-20-7-6-19-17(18(20)24)21(2)11-15-12-22(8-10-26-15)16(23)4-3-14-5-9-25-13-14/h5-7,9,13,15H,3-4,8,10-12H2,1-2H3. The van der Waals surface area contributed by atoms with Gasteiger partial charge < -0.3 is 23.5 Å². The Morgan fingerprint density at radius 2 is 2.31 bits per heavy atom. The van der Waals surface area contributed by atoms with E-state index in [1.165, 1.54) is 4.57 Å². The summed E-state index contributed by atoms with van der Waals surface area (Å²) in [6.07, 6.45) is 7.46. The highest BCUT2D eigenvalue weighted by Gasteiger charge is 2.26. The van der Waals surface area contributed by atoms with Gasteiger partial charge in [-0.3, -0.25) is 9.59 Å². The summed E-state index contributed by atoms with van der Waals surface area (Å²) >= 11 is 0. The molecule has 1 aliphatic rings. The van der Waals surface area contributed by atoms with E-state index in [9.17, 15) is 9.59 Å². The van der Waals surface area contributed by atoms with Crippen LogP contribution in [0, 0.1) is 0 Å². The monoisotopic (exact) mass is 360 g/mol. The van der Waals surface area contributed by atoms with Gasteiger partial charge in [0, 0.05) is 52.5 Å². The summed E-state index contributed by atoms with van der Waals surface area (Å²) < 4.78 is 12.3. The molecule has 8 nitrogen and oxygen atoms in total. The molecule has 0 N–H and O–H groups in total. The fraction of sp³-hybridized carbons (Fsp3) is 0.500. The highest BCUT2D eigenvalue weighted by molar-refractivity contribution is 5.76. The van der Waals surface area contributed by atoms with Gasteiger partial charge in [-0.25, -0.2) is 4.98 Å². The molecule has 2 aromatic rings. The second-order valence-corrected chi connectivity index (χ2v) is 6.51. The number of amides is 1. The molecular formula is C18H24N4O4. The second-order valence-electron chi connectivity index (χ2n) is 6.51. The topological polar surface area (TPSA) is 80.8 Å².